The Bertz CT molecular complexity index is 819. The molecule has 0 fully saturated rings. The van der Waals surface area contributed by atoms with E-state index < -0.39 is 12.7 Å². The molecule has 0 spiro atoms. The highest BCUT2D eigenvalue weighted by Gasteiger charge is 2.30. The number of aromatic nitrogens is 3. The Morgan fingerprint density at radius 3 is 2.61 bits per heavy atom. The van der Waals surface area contributed by atoms with E-state index in [4.69, 9.17) is 0 Å². The van der Waals surface area contributed by atoms with Crippen molar-refractivity contribution in [1.82, 2.24) is 14.5 Å². The second-order valence-electron chi connectivity index (χ2n) is 5.24. The molecule has 0 saturated heterocycles. The fraction of sp³-hybridized carbons (Fsp3) is 0.250. The molecule has 0 amide bonds. The van der Waals surface area contributed by atoms with Gasteiger partial charge in [-0.2, -0.15) is 13.2 Å². The fourth-order valence-corrected chi connectivity index (χ4v) is 3.28. The van der Waals surface area contributed by atoms with Gasteiger partial charge in [0.15, 0.2) is 0 Å². The average Bonchev–Trinajstić information content (AvgIpc) is 3.07. The summed E-state index contributed by atoms with van der Waals surface area (Å²) in [5.41, 5.74) is 3.30. The van der Waals surface area contributed by atoms with Crippen LogP contribution in [-0.4, -0.2) is 20.7 Å². The van der Waals surface area contributed by atoms with Crippen molar-refractivity contribution in [3.05, 3.63) is 47.2 Å². The van der Waals surface area contributed by atoms with Crippen molar-refractivity contribution in [3.63, 3.8) is 0 Å². The predicted molar refractivity (Wildman–Crippen MR) is 84.3 cm³/mol. The van der Waals surface area contributed by atoms with Gasteiger partial charge in [-0.15, -0.1) is 11.3 Å². The van der Waals surface area contributed by atoms with Crippen molar-refractivity contribution in [3.8, 4) is 22.0 Å². The lowest BCUT2D eigenvalue weighted by Gasteiger charge is -2.12. The van der Waals surface area contributed by atoms with Crippen LogP contribution in [0.3, 0.4) is 0 Å². The molecule has 0 aliphatic rings. The van der Waals surface area contributed by atoms with E-state index in [2.05, 4.69) is 9.97 Å². The maximum Gasteiger partial charge on any atom is 0.406 e. The Hall–Kier alpha value is -2.15. The van der Waals surface area contributed by atoms with Crippen LogP contribution in [0.2, 0.25) is 0 Å². The van der Waals surface area contributed by atoms with Crippen LogP contribution >= 0.6 is 11.3 Å². The summed E-state index contributed by atoms with van der Waals surface area (Å²) in [5, 5.41) is 2.60. The topological polar surface area (TPSA) is 30.7 Å². The molecule has 0 atom stereocenters. The number of hydrogen-bond donors (Lipinski definition) is 0. The third kappa shape index (κ3) is 3.29. The van der Waals surface area contributed by atoms with E-state index in [-0.39, 0.29) is 0 Å². The zero-order valence-electron chi connectivity index (χ0n) is 12.6. The number of pyridine rings is 1. The lowest BCUT2D eigenvalue weighted by molar-refractivity contribution is -0.141. The maximum atomic E-state index is 12.7. The highest BCUT2D eigenvalue weighted by atomic mass is 32.1. The van der Waals surface area contributed by atoms with Crippen molar-refractivity contribution in [1.29, 1.82) is 0 Å². The number of rotatable bonds is 3. The van der Waals surface area contributed by atoms with Crippen molar-refractivity contribution >= 4 is 11.3 Å². The van der Waals surface area contributed by atoms with Crippen molar-refractivity contribution < 1.29 is 13.2 Å². The second-order valence-corrected chi connectivity index (χ2v) is 6.10. The quantitative estimate of drug-likeness (QED) is 0.684. The minimum absolute atomic E-state index is 0.567. The molecule has 0 aliphatic heterocycles. The van der Waals surface area contributed by atoms with Gasteiger partial charge in [-0.25, -0.2) is 4.98 Å². The van der Waals surface area contributed by atoms with Crippen molar-refractivity contribution in [2.24, 2.45) is 0 Å². The Labute approximate surface area is 135 Å². The first-order chi connectivity index (χ1) is 10.8. The van der Waals surface area contributed by atoms with Crippen LogP contribution in [0.15, 0.2) is 35.8 Å². The van der Waals surface area contributed by atoms with E-state index in [1.807, 2.05) is 23.6 Å². The Morgan fingerprint density at radius 2 is 1.96 bits per heavy atom. The summed E-state index contributed by atoms with van der Waals surface area (Å²) in [6.45, 7) is 2.38. The van der Waals surface area contributed by atoms with Gasteiger partial charge in [0.2, 0.25) is 0 Å². The normalized spacial score (nSPS) is 11.9. The number of thiazole rings is 1. The molecular formula is C16H14F3N3S. The van der Waals surface area contributed by atoms with Crippen LogP contribution in [0, 0.1) is 13.8 Å². The Morgan fingerprint density at radius 1 is 1.17 bits per heavy atom. The molecule has 120 valence electrons. The number of hydrogen-bond acceptors (Lipinski definition) is 3. The lowest BCUT2D eigenvalue weighted by atomic mass is 10.2. The molecule has 3 rings (SSSR count). The first-order valence-electron chi connectivity index (χ1n) is 6.96. The van der Waals surface area contributed by atoms with Gasteiger partial charge in [-0.3, -0.25) is 4.98 Å². The van der Waals surface area contributed by atoms with Gasteiger partial charge in [0, 0.05) is 28.5 Å². The average molecular weight is 337 g/mol. The third-order valence-electron chi connectivity index (χ3n) is 3.58. The summed E-state index contributed by atoms with van der Waals surface area (Å²) in [7, 11) is 0. The van der Waals surface area contributed by atoms with Gasteiger partial charge >= 0.3 is 6.18 Å². The second kappa shape index (κ2) is 5.81. The molecule has 0 aromatic carbocycles. The van der Waals surface area contributed by atoms with Crippen LogP contribution in [0.5, 0.6) is 0 Å². The zero-order valence-corrected chi connectivity index (χ0v) is 13.4. The standard InChI is InChI=1S/C16H14F3N3S/c1-10-7-12(11(2)22(10)9-16(17,18)19)14-8-23-15(21-14)13-5-3-4-6-20-13/h3-8H,9H2,1-2H3. The molecule has 0 unspecified atom stereocenters. The summed E-state index contributed by atoms with van der Waals surface area (Å²) in [6, 6.07) is 7.30. The molecule has 7 heteroatoms. The fourth-order valence-electron chi connectivity index (χ4n) is 2.49. The first-order valence-corrected chi connectivity index (χ1v) is 7.84. The minimum atomic E-state index is -4.24. The molecule has 3 aromatic heterocycles. The molecule has 0 bridgehead atoms. The van der Waals surface area contributed by atoms with Gasteiger partial charge in [0.05, 0.1) is 11.4 Å². The van der Waals surface area contributed by atoms with E-state index in [1.165, 1.54) is 15.9 Å². The van der Waals surface area contributed by atoms with E-state index in [1.54, 1.807) is 26.1 Å². The summed E-state index contributed by atoms with van der Waals surface area (Å²) in [4.78, 5) is 8.77. The SMILES string of the molecule is Cc1cc(-c2csc(-c3ccccn3)n2)c(C)n1CC(F)(F)F. The largest absolute Gasteiger partial charge is 0.406 e. The Balaban J connectivity index is 1.97. The zero-order chi connectivity index (χ0) is 16.6. The number of alkyl halides is 3. The van der Waals surface area contributed by atoms with Crippen LogP contribution in [0.25, 0.3) is 22.0 Å². The van der Waals surface area contributed by atoms with Gasteiger partial charge in [0.25, 0.3) is 0 Å². The number of aryl methyl sites for hydroxylation is 1. The first kappa shape index (κ1) is 15.7. The molecule has 3 nitrogen and oxygen atoms in total. The van der Waals surface area contributed by atoms with Crippen LogP contribution in [-0.2, 0) is 6.54 Å². The molecular weight excluding hydrogens is 323 g/mol. The smallest absolute Gasteiger partial charge is 0.339 e. The van der Waals surface area contributed by atoms with Crippen molar-refractivity contribution in [2.75, 3.05) is 0 Å². The molecule has 3 aromatic rings. The highest BCUT2D eigenvalue weighted by Crippen LogP contribution is 2.32. The molecule has 0 saturated carbocycles. The van der Waals surface area contributed by atoms with Crippen molar-refractivity contribution in [2.45, 2.75) is 26.6 Å². The minimum Gasteiger partial charge on any atom is -0.339 e. The number of halogens is 3. The lowest BCUT2D eigenvalue weighted by Crippen LogP contribution is -2.19. The summed E-state index contributed by atoms with van der Waals surface area (Å²) in [5.74, 6) is 0. The Kier molecular flexibility index (Phi) is 3.97. The van der Waals surface area contributed by atoms with Crippen LogP contribution < -0.4 is 0 Å². The molecule has 3 heterocycles. The van der Waals surface area contributed by atoms with Gasteiger partial charge in [-0.1, -0.05) is 6.07 Å². The predicted octanol–water partition coefficient (Wildman–Crippen LogP) is 4.85. The molecule has 0 aliphatic carbocycles. The maximum absolute atomic E-state index is 12.7. The summed E-state index contributed by atoms with van der Waals surface area (Å²) < 4.78 is 39.4. The van der Waals surface area contributed by atoms with Crippen LogP contribution in [0.1, 0.15) is 11.4 Å². The van der Waals surface area contributed by atoms with Gasteiger partial charge in [0.1, 0.15) is 11.6 Å². The third-order valence-corrected chi connectivity index (χ3v) is 4.44. The molecule has 0 N–H and O–H groups in total. The van der Waals surface area contributed by atoms with E-state index >= 15 is 0 Å². The van der Waals surface area contributed by atoms with E-state index in [9.17, 15) is 13.2 Å². The molecule has 0 radical (unpaired) electrons. The molecule has 23 heavy (non-hydrogen) atoms. The summed E-state index contributed by atoms with van der Waals surface area (Å²) >= 11 is 1.43. The van der Waals surface area contributed by atoms with Gasteiger partial charge < -0.3 is 4.57 Å². The highest BCUT2D eigenvalue weighted by molar-refractivity contribution is 7.13. The summed E-state index contributed by atoms with van der Waals surface area (Å²) in [6.07, 6.45) is -2.56. The van der Waals surface area contributed by atoms with Crippen LogP contribution in [0.4, 0.5) is 13.2 Å². The van der Waals surface area contributed by atoms with Gasteiger partial charge in [-0.05, 0) is 32.0 Å². The monoisotopic (exact) mass is 337 g/mol. The number of nitrogens with zero attached hydrogens (tertiary/aromatic N) is 3. The van der Waals surface area contributed by atoms with E-state index in [0.29, 0.717) is 17.1 Å². The van der Waals surface area contributed by atoms with E-state index in [0.717, 1.165) is 16.3 Å².